The van der Waals surface area contributed by atoms with E-state index in [-0.39, 0.29) is 34.9 Å². The van der Waals surface area contributed by atoms with Crippen molar-refractivity contribution in [3.8, 4) is 5.75 Å². The number of amides is 1. The second-order valence-corrected chi connectivity index (χ2v) is 14.4. The fourth-order valence-electron chi connectivity index (χ4n) is 6.14. The van der Waals surface area contributed by atoms with E-state index in [0.29, 0.717) is 38.7 Å². The number of benzene rings is 2. The molecule has 1 amide bonds. The van der Waals surface area contributed by atoms with Gasteiger partial charge in [-0.3, -0.25) is 14.4 Å². The van der Waals surface area contributed by atoms with Crippen LogP contribution in [0.25, 0.3) is 0 Å². The van der Waals surface area contributed by atoms with E-state index in [0.717, 1.165) is 41.1 Å². The lowest BCUT2D eigenvalue weighted by Gasteiger charge is -2.44. The van der Waals surface area contributed by atoms with E-state index in [1.165, 1.54) is 0 Å². The topological polar surface area (TPSA) is 84.5 Å². The maximum atomic E-state index is 13.6. The van der Waals surface area contributed by atoms with Crippen molar-refractivity contribution in [3.05, 3.63) is 79.0 Å². The molecule has 0 saturated heterocycles. The minimum atomic E-state index is -0.454. The molecule has 0 fully saturated rings. The van der Waals surface area contributed by atoms with Crippen LogP contribution in [0.1, 0.15) is 70.4 Å². The van der Waals surface area contributed by atoms with Crippen LogP contribution in [0.2, 0.25) is 0 Å². The predicted octanol–water partition coefficient (Wildman–Crippen LogP) is 7.51. The van der Waals surface area contributed by atoms with Gasteiger partial charge in [-0.15, -0.1) is 0 Å². The quantitative estimate of drug-likeness (QED) is 0.344. The maximum absolute atomic E-state index is 13.6. The van der Waals surface area contributed by atoms with Crippen molar-refractivity contribution in [1.82, 2.24) is 5.32 Å². The first-order valence-electron chi connectivity index (χ1n) is 13.5. The number of anilines is 1. The fourth-order valence-corrected chi connectivity index (χ4v) is 7.59. The van der Waals surface area contributed by atoms with Crippen LogP contribution in [0.4, 0.5) is 5.69 Å². The van der Waals surface area contributed by atoms with Gasteiger partial charge in [-0.25, -0.2) is 0 Å². The van der Waals surface area contributed by atoms with Gasteiger partial charge < -0.3 is 15.4 Å². The SMILES string of the molecule is Cc1ccccc1NC(=O)COc1c(Br)cc(C2C3=C(CC(C)(C)CC3=O)NC3=C2C(=O)CC(C)(C)C3)cc1Br. The molecule has 210 valence electrons. The summed E-state index contributed by atoms with van der Waals surface area (Å²) < 4.78 is 7.19. The molecule has 2 aliphatic carbocycles. The third-order valence-corrected chi connectivity index (χ3v) is 9.02. The van der Waals surface area contributed by atoms with Gasteiger partial charge >= 0.3 is 0 Å². The van der Waals surface area contributed by atoms with E-state index in [4.69, 9.17) is 4.74 Å². The Morgan fingerprint density at radius 3 is 1.98 bits per heavy atom. The monoisotopic (exact) mass is 668 g/mol. The molecule has 2 aromatic rings. The lowest BCUT2D eigenvalue weighted by Crippen LogP contribution is -2.42. The number of ketones is 2. The van der Waals surface area contributed by atoms with E-state index in [1.54, 1.807) is 0 Å². The minimum Gasteiger partial charge on any atom is -0.481 e. The highest BCUT2D eigenvalue weighted by atomic mass is 79.9. The van der Waals surface area contributed by atoms with Gasteiger partial charge in [0.25, 0.3) is 5.91 Å². The van der Waals surface area contributed by atoms with Gasteiger partial charge in [0, 0.05) is 47.0 Å². The molecule has 8 heteroatoms. The second-order valence-electron chi connectivity index (χ2n) is 12.7. The van der Waals surface area contributed by atoms with Crippen LogP contribution in [-0.2, 0) is 14.4 Å². The van der Waals surface area contributed by atoms with Crippen molar-refractivity contribution in [2.75, 3.05) is 11.9 Å². The molecule has 5 rings (SSSR count). The normalized spacial score (nSPS) is 20.1. The average Bonchev–Trinajstić information content (AvgIpc) is 2.82. The van der Waals surface area contributed by atoms with Crippen molar-refractivity contribution in [2.24, 2.45) is 10.8 Å². The zero-order chi connectivity index (χ0) is 29.0. The largest absolute Gasteiger partial charge is 0.481 e. The molecular formula is C32H34Br2N2O4. The van der Waals surface area contributed by atoms with Gasteiger partial charge in [-0.1, -0.05) is 45.9 Å². The van der Waals surface area contributed by atoms with E-state index < -0.39 is 5.92 Å². The molecule has 0 radical (unpaired) electrons. The highest BCUT2D eigenvalue weighted by Gasteiger charge is 2.46. The standard InChI is InChI=1S/C32H34Br2N2O4/c1-17-8-6-7-9-21(17)36-26(39)16-40-30-19(33)10-18(11-20(30)34)27-28-22(12-31(2,3)14-24(28)37)35-23-13-32(4,5)15-25(38)29(23)27/h6-11,27,35H,12-16H2,1-5H3,(H,36,39). The summed E-state index contributed by atoms with van der Waals surface area (Å²) in [5.41, 5.74) is 5.46. The summed E-state index contributed by atoms with van der Waals surface area (Å²) in [4.78, 5) is 39.8. The zero-order valence-corrected chi connectivity index (χ0v) is 26.6. The van der Waals surface area contributed by atoms with Gasteiger partial charge in [0.05, 0.1) is 8.95 Å². The van der Waals surface area contributed by atoms with Crippen LogP contribution in [0, 0.1) is 17.8 Å². The van der Waals surface area contributed by atoms with E-state index >= 15 is 0 Å². The number of ether oxygens (including phenoxy) is 1. The van der Waals surface area contributed by atoms with Gasteiger partial charge in [0.2, 0.25) is 0 Å². The highest BCUT2D eigenvalue weighted by molar-refractivity contribution is 9.11. The molecule has 2 N–H and O–H groups in total. The number of allylic oxidation sites excluding steroid dienone is 4. The number of halogens is 2. The summed E-state index contributed by atoms with van der Waals surface area (Å²) >= 11 is 7.26. The van der Waals surface area contributed by atoms with Gasteiger partial charge in [0.15, 0.2) is 18.2 Å². The summed E-state index contributed by atoms with van der Waals surface area (Å²) in [7, 11) is 0. The molecule has 40 heavy (non-hydrogen) atoms. The second kappa shape index (κ2) is 10.6. The average molecular weight is 670 g/mol. The number of nitrogens with one attached hydrogen (secondary N) is 2. The Morgan fingerprint density at radius 2 is 1.45 bits per heavy atom. The van der Waals surface area contributed by atoms with Crippen molar-refractivity contribution in [1.29, 1.82) is 0 Å². The first-order valence-corrected chi connectivity index (χ1v) is 15.1. The minimum absolute atomic E-state index is 0.0772. The van der Waals surface area contributed by atoms with Crippen LogP contribution in [0.5, 0.6) is 5.75 Å². The van der Waals surface area contributed by atoms with Crippen LogP contribution >= 0.6 is 31.9 Å². The molecule has 0 unspecified atom stereocenters. The van der Waals surface area contributed by atoms with Crippen molar-refractivity contribution < 1.29 is 19.1 Å². The molecule has 2 aromatic carbocycles. The number of rotatable bonds is 5. The zero-order valence-electron chi connectivity index (χ0n) is 23.5. The molecule has 0 aromatic heterocycles. The summed E-state index contributed by atoms with van der Waals surface area (Å²) in [6.45, 7) is 10.2. The van der Waals surface area contributed by atoms with Crippen LogP contribution in [0.15, 0.2) is 67.9 Å². The Kier molecular flexibility index (Phi) is 7.64. The molecule has 0 spiro atoms. The third kappa shape index (κ3) is 5.70. The summed E-state index contributed by atoms with van der Waals surface area (Å²) in [5.74, 6) is -0.0922. The number of hydrogen-bond donors (Lipinski definition) is 2. The fraction of sp³-hybridized carbons (Fsp3) is 0.406. The number of hydrogen-bond acceptors (Lipinski definition) is 5. The molecule has 3 aliphatic rings. The first-order chi connectivity index (χ1) is 18.7. The molecule has 1 aliphatic heterocycles. The van der Waals surface area contributed by atoms with Crippen molar-refractivity contribution >= 4 is 55.0 Å². The Morgan fingerprint density at radius 1 is 0.925 bits per heavy atom. The number of aryl methyl sites for hydroxylation is 1. The van der Waals surface area contributed by atoms with Crippen LogP contribution in [0.3, 0.4) is 0 Å². The van der Waals surface area contributed by atoms with Crippen LogP contribution < -0.4 is 15.4 Å². The Bertz CT molecular complexity index is 1430. The number of Topliss-reactive ketones (excluding diaryl/α,β-unsaturated/α-hetero) is 2. The van der Waals surface area contributed by atoms with E-state index in [1.807, 2.05) is 43.3 Å². The Balaban J connectivity index is 1.48. The van der Waals surface area contributed by atoms with Gasteiger partial charge in [-0.2, -0.15) is 0 Å². The van der Waals surface area contributed by atoms with Crippen molar-refractivity contribution in [3.63, 3.8) is 0 Å². The number of carbonyl (C=O) groups is 3. The predicted molar refractivity (Wildman–Crippen MR) is 163 cm³/mol. The Labute approximate surface area is 252 Å². The maximum Gasteiger partial charge on any atom is 0.262 e. The van der Waals surface area contributed by atoms with Crippen LogP contribution in [-0.4, -0.2) is 24.1 Å². The summed E-state index contributed by atoms with van der Waals surface area (Å²) in [5, 5.41) is 6.43. The highest BCUT2D eigenvalue weighted by Crippen LogP contribution is 2.52. The van der Waals surface area contributed by atoms with Gasteiger partial charge in [0.1, 0.15) is 5.75 Å². The molecule has 6 nitrogen and oxygen atoms in total. The smallest absolute Gasteiger partial charge is 0.262 e. The van der Waals surface area contributed by atoms with E-state index in [9.17, 15) is 14.4 Å². The molecule has 0 bridgehead atoms. The lowest BCUT2D eigenvalue weighted by atomic mass is 9.64. The molecular weight excluding hydrogens is 636 g/mol. The Hall–Kier alpha value is -2.71. The number of carbonyl (C=O) groups excluding carboxylic acids is 3. The summed E-state index contributed by atoms with van der Waals surface area (Å²) in [6, 6.07) is 11.4. The lowest BCUT2D eigenvalue weighted by molar-refractivity contribution is -0.119. The summed E-state index contributed by atoms with van der Waals surface area (Å²) in [6.07, 6.45) is 2.36. The van der Waals surface area contributed by atoms with Gasteiger partial charge in [-0.05, 0) is 91.8 Å². The molecule has 0 saturated carbocycles. The van der Waals surface area contributed by atoms with E-state index in [2.05, 4.69) is 70.2 Å². The number of para-hydroxylation sites is 1. The molecule has 0 atom stereocenters. The molecule has 1 heterocycles. The number of dihydropyridines is 1. The first kappa shape index (κ1) is 28.8. The van der Waals surface area contributed by atoms with Crippen molar-refractivity contribution in [2.45, 2.75) is 66.2 Å². The third-order valence-electron chi connectivity index (χ3n) is 7.84.